The number of nitrogens with zero attached hydrogens (tertiary/aromatic N) is 4. The Morgan fingerprint density at radius 3 is 2.52 bits per heavy atom. The van der Waals surface area contributed by atoms with Crippen LogP contribution in [0, 0.1) is 18.3 Å². The molecule has 0 radical (unpaired) electrons. The first-order valence-electron chi connectivity index (χ1n) is 10.7. The van der Waals surface area contributed by atoms with Crippen LogP contribution in [0.4, 0.5) is 0 Å². The minimum atomic E-state index is -0.861. The van der Waals surface area contributed by atoms with Crippen molar-refractivity contribution < 1.29 is 4.79 Å². The molecule has 4 rings (SSSR count). The molecule has 3 heterocycles. The predicted octanol–water partition coefficient (Wildman–Crippen LogP) is 4.71. The van der Waals surface area contributed by atoms with Gasteiger partial charge in [0.1, 0.15) is 5.54 Å². The van der Waals surface area contributed by atoms with Gasteiger partial charge in [-0.05, 0) is 67.5 Å². The van der Waals surface area contributed by atoms with Crippen LogP contribution in [0.25, 0.3) is 11.1 Å². The maximum Gasteiger partial charge on any atom is 0.239 e. The number of nitriles is 1. The quantitative estimate of drug-likeness (QED) is 0.614. The summed E-state index contributed by atoms with van der Waals surface area (Å²) in [6, 6.07) is 14.2. The number of hydrogen-bond donors (Lipinski definition) is 1. The molecule has 1 aliphatic rings. The number of aromatic nitrogens is 1. The predicted molar refractivity (Wildman–Crippen MR) is 132 cm³/mol. The third-order valence-electron chi connectivity index (χ3n) is 6.38. The van der Waals surface area contributed by atoms with E-state index >= 15 is 0 Å². The molecule has 1 aromatic carbocycles. The maximum absolute atomic E-state index is 13.5. The van der Waals surface area contributed by atoms with Crippen LogP contribution in [0.3, 0.4) is 0 Å². The molecule has 33 heavy (non-hydrogen) atoms. The molecule has 168 valence electrons. The fourth-order valence-electron chi connectivity index (χ4n) is 4.21. The Kier molecular flexibility index (Phi) is 5.59. The lowest BCUT2D eigenvalue weighted by atomic mass is 9.76. The zero-order valence-electron chi connectivity index (χ0n) is 19.5. The Morgan fingerprint density at radius 1 is 1.18 bits per heavy atom. The highest BCUT2D eigenvalue weighted by Gasteiger charge is 2.48. The Labute approximate surface area is 198 Å². The van der Waals surface area contributed by atoms with Crippen molar-refractivity contribution in [2.24, 2.45) is 10.7 Å². The number of guanidine groups is 1. The van der Waals surface area contributed by atoms with E-state index in [2.05, 4.69) is 28.6 Å². The molecule has 6 nitrogen and oxygen atoms in total. The molecule has 1 aliphatic heterocycles. The van der Waals surface area contributed by atoms with E-state index < -0.39 is 16.9 Å². The topological polar surface area (TPSA) is 95.4 Å². The van der Waals surface area contributed by atoms with Crippen molar-refractivity contribution in [3.05, 3.63) is 75.7 Å². The number of carbonyl (C=O) groups is 1. The van der Waals surface area contributed by atoms with E-state index in [9.17, 15) is 10.1 Å². The smallest absolute Gasteiger partial charge is 0.239 e. The minimum absolute atomic E-state index is 0.107. The van der Waals surface area contributed by atoms with E-state index in [0.29, 0.717) is 0 Å². The van der Waals surface area contributed by atoms with Gasteiger partial charge in [0.2, 0.25) is 5.91 Å². The van der Waals surface area contributed by atoms with Gasteiger partial charge in [0.25, 0.3) is 0 Å². The van der Waals surface area contributed by atoms with Gasteiger partial charge in [0.05, 0.1) is 17.4 Å². The molecule has 2 N–H and O–H groups in total. The number of thiophene rings is 1. The molecule has 0 saturated heterocycles. The molecule has 3 aromatic rings. The summed E-state index contributed by atoms with van der Waals surface area (Å²) < 4.78 is 0. The molecule has 2 atom stereocenters. The van der Waals surface area contributed by atoms with Gasteiger partial charge in [-0.15, -0.1) is 11.3 Å². The van der Waals surface area contributed by atoms with Crippen molar-refractivity contribution in [1.29, 1.82) is 5.26 Å². The lowest BCUT2D eigenvalue weighted by Gasteiger charge is -2.40. The van der Waals surface area contributed by atoms with Crippen LogP contribution >= 0.6 is 11.3 Å². The fourth-order valence-corrected chi connectivity index (χ4v) is 5.27. The van der Waals surface area contributed by atoms with Crippen LogP contribution in [0.15, 0.2) is 59.2 Å². The lowest BCUT2D eigenvalue weighted by molar-refractivity contribution is -0.130. The summed E-state index contributed by atoms with van der Waals surface area (Å²) in [5.74, 6) is -0.450. The minimum Gasteiger partial charge on any atom is -0.369 e. The zero-order valence-corrected chi connectivity index (χ0v) is 20.3. The molecule has 2 aromatic heterocycles. The number of amides is 1. The third kappa shape index (κ3) is 3.91. The summed E-state index contributed by atoms with van der Waals surface area (Å²) >= 11 is 1.57. The molecule has 0 spiro atoms. The number of rotatable bonds is 4. The average molecular weight is 458 g/mol. The molecule has 0 aliphatic carbocycles. The molecule has 0 bridgehead atoms. The maximum atomic E-state index is 13.5. The van der Waals surface area contributed by atoms with Gasteiger partial charge < -0.3 is 5.73 Å². The van der Waals surface area contributed by atoms with Crippen molar-refractivity contribution in [2.45, 2.75) is 44.6 Å². The van der Waals surface area contributed by atoms with Crippen LogP contribution in [-0.4, -0.2) is 28.8 Å². The first-order chi connectivity index (χ1) is 15.6. The number of carbonyl (C=O) groups excluding carboxylic acids is 1. The molecule has 0 unspecified atom stereocenters. The molecule has 0 saturated carbocycles. The van der Waals surface area contributed by atoms with E-state index in [4.69, 9.17) is 10.7 Å². The zero-order chi connectivity index (χ0) is 24.0. The van der Waals surface area contributed by atoms with E-state index in [1.54, 1.807) is 18.4 Å². The largest absolute Gasteiger partial charge is 0.369 e. The first-order valence-corrected chi connectivity index (χ1v) is 11.6. The van der Waals surface area contributed by atoms with E-state index in [-0.39, 0.29) is 11.9 Å². The number of benzene rings is 1. The normalized spacial score (nSPS) is 21.0. The molecule has 0 fully saturated rings. The highest BCUT2D eigenvalue weighted by atomic mass is 32.1. The lowest BCUT2D eigenvalue weighted by Crippen LogP contribution is -2.52. The highest BCUT2D eigenvalue weighted by molar-refractivity contribution is 7.10. The number of pyridine rings is 1. The Balaban J connectivity index is 1.81. The number of likely N-dealkylation sites (N-methyl/N-ethyl adjacent to an activating group) is 1. The van der Waals surface area contributed by atoms with Crippen LogP contribution < -0.4 is 5.73 Å². The SMILES string of the molecule is Cc1cncc(-c2csc([C@@]3(C)N=C(N)N(C)C(=O)[C@@H]3c3ccc(C(C)(C)C#N)cc3)c2)c1. The van der Waals surface area contributed by atoms with Crippen LogP contribution in [0.2, 0.25) is 0 Å². The van der Waals surface area contributed by atoms with Crippen molar-refractivity contribution in [1.82, 2.24) is 9.88 Å². The number of nitrogens with two attached hydrogens (primary N) is 1. The highest BCUT2D eigenvalue weighted by Crippen LogP contribution is 2.47. The Bertz CT molecular complexity index is 1280. The number of aliphatic imine (C=N–C) groups is 1. The van der Waals surface area contributed by atoms with Gasteiger partial charge in [-0.3, -0.25) is 14.7 Å². The summed E-state index contributed by atoms with van der Waals surface area (Å²) in [4.78, 5) is 25.0. The molecular formula is C26H27N5OS. The van der Waals surface area contributed by atoms with E-state index in [1.807, 2.05) is 64.4 Å². The molecule has 7 heteroatoms. The second-order valence-corrected chi connectivity index (χ2v) is 10.2. The van der Waals surface area contributed by atoms with Gasteiger partial charge in [0, 0.05) is 29.9 Å². The third-order valence-corrected chi connectivity index (χ3v) is 7.54. The van der Waals surface area contributed by atoms with Gasteiger partial charge in [-0.1, -0.05) is 24.3 Å². The van der Waals surface area contributed by atoms with Crippen molar-refractivity contribution in [3.8, 4) is 17.2 Å². The number of aryl methyl sites for hydroxylation is 1. The van der Waals surface area contributed by atoms with Crippen LogP contribution in [0.5, 0.6) is 0 Å². The molecule has 1 amide bonds. The summed E-state index contributed by atoms with van der Waals surface area (Å²) in [5, 5.41) is 11.5. The summed E-state index contributed by atoms with van der Waals surface area (Å²) in [7, 11) is 1.65. The second kappa shape index (κ2) is 8.13. The van der Waals surface area contributed by atoms with Gasteiger partial charge in [-0.25, -0.2) is 4.99 Å². The second-order valence-electron chi connectivity index (χ2n) is 9.26. The molecular weight excluding hydrogens is 430 g/mol. The van der Waals surface area contributed by atoms with Crippen molar-refractivity contribution in [3.63, 3.8) is 0 Å². The summed E-state index contributed by atoms with van der Waals surface area (Å²) in [6.07, 6.45) is 3.66. The fraction of sp³-hybridized carbons (Fsp3) is 0.308. The summed E-state index contributed by atoms with van der Waals surface area (Å²) in [6.45, 7) is 7.74. The van der Waals surface area contributed by atoms with Gasteiger partial charge in [0.15, 0.2) is 5.96 Å². The summed E-state index contributed by atoms with van der Waals surface area (Å²) in [5.41, 5.74) is 9.60. The van der Waals surface area contributed by atoms with E-state index in [0.717, 1.165) is 32.7 Å². The van der Waals surface area contributed by atoms with Crippen molar-refractivity contribution in [2.75, 3.05) is 7.05 Å². The van der Waals surface area contributed by atoms with E-state index in [1.165, 1.54) is 4.90 Å². The number of hydrogen-bond acceptors (Lipinski definition) is 6. The van der Waals surface area contributed by atoms with Crippen LogP contribution in [-0.2, 0) is 15.7 Å². The van der Waals surface area contributed by atoms with Crippen LogP contribution in [0.1, 0.15) is 48.3 Å². The first kappa shape index (κ1) is 22.7. The average Bonchev–Trinajstić information content (AvgIpc) is 3.29. The van der Waals surface area contributed by atoms with Crippen molar-refractivity contribution >= 4 is 23.2 Å². The van der Waals surface area contributed by atoms with Gasteiger partial charge >= 0.3 is 0 Å². The standard InChI is InChI=1S/C26H27N5OS/c1-16-10-18(13-29-12-16)19-11-21(33-14-19)26(4)22(23(32)31(5)24(28)30-26)17-6-8-20(9-7-17)25(2,3)15-27/h6-14,22H,1-5H3,(H2,28,30)/t22-,26+/m0/s1. The Hall–Kier alpha value is -3.50. The van der Waals surface area contributed by atoms with Gasteiger partial charge in [-0.2, -0.15) is 5.26 Å². The Morgan fingerprint density at radius 2 is 1.88 bits per heavy atom. The monoisotopic (exact) mass is 457 g/mol.